The molecular formula is C15H36N5+. The SMILES string of the molecule is CCCCN(CC)N=C(N)[N+](C)(C)N(CC)CCCC. The quantitative estimate of drug-likeness (QED) is 0.290. The van der Waals surface area contributed by atoms with Crippen molar-refractivity contribution in [1.29, 1.82) is 0 Å². The Morgan fingerprint density at radius 3 is 1.95 bits per heavy atom. The third-order valence-electron chi connectivity index (χ3n) is 3.78. The summed E-state index contributed by atoms with van der Waals surface area (Å²) in [6, 6.07) is 0. The Labute approximate surface area is 126 Å². The molecule has 0 aliphatic carbocycles. The van der Waals surface area contributed by atoms with Crippen molar-refractivity contribution in [3.8, 4) is 0 Å². The monoisotopic (exact) mass is 286 g/mol. The lowest BCUT2D eigenvalue weighted by Crippen LogP contribution is -2.61. The Bertz CT molecular complexity index is 275. The van der Waals surface area contributed by atoms with Crippen molar-refractivity contribution in [3.63, 3.8) is 0 Å². The van der Waals surface area contributed by atoms with Gasteiger partial charge in [-0.1, -0.05) is 26.7 Å². The molecule has 0 aliphatic heterocycles. The van der Waals surface area contributed by atoms with E-state index in [9.17, 15) is 0 Å². The van der Waals surface area contributed by atoms with E-state index in [4.69, 9.17) is 5.73 Å². The average Bonchev–Trinajstić information content (AvgIpc) is 2.43. The van der Waals surface area contributed by atoms with Gasteiger partial charge in [0.15, 0.2) is 0 Å². The normalized spacial score (nSPS) is 13.1. The first-order chi connectivity index (χ1) is 9.43. The molecule has 2 N–H and O–H groups in total. The van der Waals surface area contributed by atoms with Crippen LogP contribution in [0.25, 0.3) is 0 Å². The molecule has 0 saturated carbocycles. The fourth-order valence-electron chi connectivity index (χ4n) is 2.12. The van der Waals surface area contributed by atoms with Crippen molar-refractivity contribution >= 4 is 5.96 Å². The van der Waals surface area contributed by atoms with E-state index in [0.717, 1.165) is 32.6 Å². The fraction of sp³-hybridized carbons (Fsp3) is 0.933. The van der Waals surface area contributed by atoms with Crippen molar-refractivity contribution in [3.05, 3.63) is 0 Å². The summed E-state index contributed by atoms with van der Waals surface area (Å²) in [5.41, 5.74) is 6.29. The first-order valence-corrected chi connectivity index (χ1v) is 8.12. The van der Waals surface area contributed by atoms with E-state index in [-0.39, 0.29) is 0 Å². The standard InChI is InChI=1S/C15H36N5/c1-7-11-13-18(9-3)17-15(16)20(5,6)19(10-4)14-12-8-2/h7-14H2,1-6H3,(H2,16,17)/q+1. The Kier molecular flexibility index (Phi) is 9.59. The first-order valence-electron chi connectivity index (χ1n) is 8.12. The molecule has 120 valence electrons. The Balaban J connectivity index is 4.84. The smallest absolute Gasteiger partial charge is 0.335 e. The van der Waals surface area contributed by atoms with E-state index in [1.165, 1.54) is 19.3 Å². The number of nitrogens with two attached hydrogens (primary N) is 1. The second-order valence-electron chi connectivity index (χ2n) is 5.65. The predicted molar refractivity (Wildman–Crippen MR) is 88.0 cm³/mol. The lowest BCUT2D eigenvalue weighted by atomic mass is 10.3. The maximum absolute atomic E-state index is 6.29. The van der Waals surface area contributed by atoms with Crippen LogP contribution in [0.15, 0.2) is 5.10 Å². The minimum Gasteiger partial charge on any atom is -0.335 e. The molecule has 0 unspecified atom stereocenters. The van der Waals surface area contributed by atoms with Gasteiger partial charge in [-0.3, -0.25) is 5.01 Å². The van der Waals surface area contributed by atoms with Crippen molar-refractivity contribution < 1.29 is 4.59 Å². The predicted octanol–water partition coefficient (Wildman–Crippen LogP) is 2.45. The molecule has 0 heterocycles. The Hall–Kier alpha value is -0.810. The highest BCUT2D eigenvalue weighted by atomic mass is 15.8. The summed E-state index contributed by atoms with van der Waals surface area (Å²) in [4.78, 5) is 0. The molecule has 5 heteroatoms. The number of unbranched alkanes of at least 4 members (excludes halogenated alkanes) is 2. The number of hydrogen-bond donors (Lipinski definition) is 1. The number of hydrazone groups is 1. The molecule has 20 heavy (non-hydrogen) atoms. The zero-order valence-electron chi connectivity index (χ0n) is 14.5. The van der Waals surface area contributed by atoms with E-state index >= 15 is 0 Å². The van der Waals surface area contributed by atoms with Gasteiger partial charge in [-0.25, -0.2) is 0 Å². The van der Waals surface area contributed by atoms with Crippen LogP contribution in [0.5, 0.6) is 0 Å². The molecule has 0 rings (SSSR count). The van der Waals surface area contributed by atoms with Gasteiger partial charge < -0.3 is 5.73 Å². The maximum atomic E-state index is 6.29. The molecule has 0 fully saturated rings. The molecule has 0 aliphatic rings. The van der Waals surface area contributed by atoms with Gasteiger partial charge in [-0.2, -0.15) is 4.59 Å². The number of guanidine groups is 1. The van der Waals surface area contributed by atoms with Crippen LogP contribution in [0.3, 0.4) is 0 Å². The maximum Gasteiger partial charge on any atom is 0.336 e. The fourth-order valence-corrected chi connectivity index (χ4v) is 2.12. The highest BCUT2D eigenvalue weighted by Crippen LogP contribution is 2.08. The summed E-state index contributed by atoms with van der Waals surface area (Å²) < 4.78 is 0.541. The average molecular weight is 286 g/mol. The van der Waals surface area contributed by atoms with Gasteiger partial charge in [0.05, 0.1) is 14.1 Å². The zero-order valence-corrected chi connectivity index (χ0v) is 14.5. The summed E-state index contributed by atoms with van der Waals surface area (Å²) in [6.45, 7) is 12.6. The molecule has 0 saturated heterocycles. The van der Waals surface area contributed by atoms with Gasteiger partial charge in [0.25, 0.3) is 0 Å². The lowest BCUT2D eigenvalue weighted by molar-refractivity contribution is -0.926. The zero-order chi connectivity index (χ0) is 15.6. The topological polar surface area (TPSA) is 44.9 Å². The molecule has 0 amide bonds. The molecule has 0 spiro atoms. The first kappa shape index (κ1) is 19.2. The summed E-state index contributed by atoms with van der Waals surface area (Å²) in [5, 5.41) is 9.07. The van der Waals surface area contributed by atoms with Crippen LogP contribution in [0, 0.1) is 0 Å². The van der Waals surface area contributed by atoms with Crippen molar-refractivity contribution in [2.45, 2.75) is 53.4 Å². The highest BCUT2D eigenvalue weighted by Gasteiger charge is 2.30. The van der Waals surface area contributed by atoms with E-state index < -0.39 is 0 Å². The molecule has 0 aromatic carbocycles. The summed E-state index contributed by atoms with van der Waals surface area (Å²) in [7, 11) is 4.23. The third kappa shape index (κ3) is 6.09. The highest BCUT2D eigenvalue weighted by molar-refractivity contribution is 5.70. The van der Waals surface area contributed by atoms with E-state index in [1.54, 1.807) is 0 Å². The number of nitrogens with zero attached hydrogens (tertiary/aromatic N) is 4. The molecule has 0 aromatic rings. The largest absolute Gasteiger partial charge is 0.336 e. The van der Waals surface area contributed by atoms with Crippen LogP contribution in [0.2, 0.25) is 0 Å². The van der Waals surface area contributed by atoms with Gasteiger partial charge in [0.2, 0.25) is 0 Å². The summed E-state index contributed by atoms with van der Waals surface area (Å²) >= 11 is 0. The molecule has 0 aromatic heterocycles. The van der Waals surface area contributed by atoms with Crippen LogP contribution >= 0.6 is 0 Å². The van der Waals surface area contributed by atoms with Gasteiger partial charge in [0.1, 0.15) is 0 Å². The number of hydrogen-bond acceptors (Lipinski definition) is 3. The van der Waals surface area contributed by atoms with Gasteiger partial charge in [-0.15, -0.1) is 10.1 Å². The third-order valence-corrected chi connectivity index (χ3v) is 3.78. The molecular weight excluding hydrogens is 250 g/mol. The lowest BCUT2D eigenvalue weighted by Gasteiger charge is -2.37. The van der Waals surface area contributed by atoms with Crippen LogP contribution < -0.4 is 5.73 Å². The Morgan fingerprint density at radius 1 is 0.950 bits per heavy atom. The molecule has 5 nitrogen and oxygen atoms in total. The van der Waals surface area contributed by atoms with Crippen molar-refractivity contribution in [2.75, 3.05) is 40.3 Å². The van der Waals surface area contributed by atoms with E-state index in [2.05, 4.69) is 56.9 Å². The van der Waals surface area contributed by atoms with E-state index in [1.807, 2.05) is 0 Å². The second-order valence-corrected chi connectivity index (χ2v) is 5.65. The molecule has 0 atom stereocenters. The van der Waals surface area contributed by atoms with Gasteiger partial charge >= 0.3 is 5.96 Å². The number of quaternary nitrogens is 1. The van der Waals surface area contributed by atoms with Crippen LogP contribution in [-0.2, 0) is 0 Å². The minimum atomic E-state index is 0.541. The van der Waals surface area contributed by atoms with Crippen LogP contribution in [0.1, 0.15) is 53.4 Å². The Morgan fingerprint density at radius 2 is 1.50 bits per heavy atom. The second kappa shape index (κ2) is 10.00. The van der Waals surface area contributed by atoms with Crippen LogP contribution in [0.4, 0.5) is 0 Å². The van der Waals surface area contributed by atoms with Crippen LogP contribution in [-0.4, -0.2) is 60.8 Å². The molecule has 0 bridgehead atoms. The number of rotatable bonds is 10. The van der Waals surface area contributed by atoms with E-state index in [0.29, 0.717) is 10.6 Å². The molecule has 0 radical (unpaired) electrons. The van der Waals surface area contributed by atoms with Gasteiger partial charge in [0, 0.05) is 26.2 Å². The van der Waals surface area contributed by atoms with Crippen molar-refractivity contribution in [2.24, 2.45) is 10.8 Å². The summed E-state index contributed by atoms with van der Waals surface area (Å²) in [5.74, 6) is 0.668. The minimum absolute atomic E-state index is 0.541. The van der Waals surface area contributed by atoms with Gasteiger partial charge in [-0.05, 0) is 26.7 Å². The van der Waals surface area contributed by atoms with Crippen molar-refractivity contribution in [1.82, 2.24) is 10.0 Å². The summed E-state index contributed by atoms with van der Waals surface area (Å²) in [6.07, 6.45) is 4.73.